The number of carbonyl (C=O) groups is 3. The summed E-state index contributed by atoms with van der Waals surface area (Å²) in [6, 6.07) is -1.46. The first-order chi connectivity index (χ1) is 9.71. The number of ether oxygens (including phenoxy) is 2. The fourth-order valence-corrected chi connectivity index (χ4v) is 1.34. The van der Waals surface area contributed by atoms with Gasteiger partial charge in [0.1, 0.15) is 17.2 Å². The van der Waals surface area contributed by atoms with Crippen molar-refractivity contribution in [1.29, 1.82) is 0 Å². The monoisotopic (exact) mass is 321 g/mol. The molecule has 2 atom stereocenters. The highest BCUT2D eigenvalue weighted by Gasteiger charge is 2.33. The Hall–Kier alpha value is -1.86. The van der Waals surface area contributed by atoms with E-state index in [2.05, 4.69) is 5.32 Å². The van der Waals surface area contributed by atoms with Crippen LogP contribution in [0.5, 0.6) is 0 Å². The van der Waals surface area contributed by atoms with Gasteiger partial charge in [-0.1, -0.05) is 0 Å². The quantitative estimate of drug-likeness (QED) is 0.751. The predicted octanol–water partition coefficient (Wildman–Crippen LogP) is 2.03. The van der Waals surface area contributed by atoms with Crippen molar-refractivity contribution in [2.24, 2.45) is 0 Å². The van der Waals surface area contributed by atoms with Crippen molar-refractivity contribution in [3.05, 3.63) is 0 Å². The molecule has 0 aliphatic rings. The van der Waals surface area contributed by atoms with Crippen LogP contribution in [-0.4, -0.2) is 46.6 Å². The van der Waals surface area contributed by atoms with Gasteiger partial charge in [0.05, 0.1) is 0 Å². The minimum atomic E-state index is -2.31. The van der Waals surface area contributed by atoms with Crippen molar-refractivity contribution in [2.75, 3.05) is 0 Å². The fourth-order valence-electron chi connectivity index (χ4n) is 1.34. The predicted molar refractivity (Wildman–Crippen MR) is 76.2 cm³/mol. The molecule has 7 nitrogen and oxygen atoms in total. The lowest BCUT2D eigenvalue weighted by Crippen LogP contribution is -2.47. The normalized spacial score (nSPS) is 14.7. The number of hydrogen-bond donors (Lipinski definition) is 2. The third-order valence-electron chi connectivity index (χ3n) is 2.09. The molecule has 0 aliphatic heterocycles. The van der Waals surface area contributed by atoms with E-state index in [1.165, 1.54) is 0 Å². The molecule has 8 heteroatoms. The molecule has 0 aromatic heterocycles. The first-order valence-corrected chi connectivity index (χ1v) is 6.80. The van der Waals surface area contributed by atoms with Crippen molar-refractivity contribution >= 4 is 18.0 Å². The lowest BCUT2D eigenvalue weighted by Gasteiger charge is -2.26. The zero-order chi connectivity index (χ0) is 17.7. The summed E-state index contributed by atoms with van der Waals surface area (Å²) in [6.07, 6.45) is -4.02. The van der Waals surface area contributed by atoms with Crippen LogP contribution in [0.2, 0.25) is 0 Å². The maximum absolute atomic E-state index is 13.4. The van der Waals surface area contributed by atoms with Gasteiger partial charge in [0.2, 0.25) is 0 Å². The Bertz CT molecular complexity index is 424. The number of hydrogen-bond acceptors (Lipinski definition) is 5. The van der Waals surface area contributed by atoms with Gasteiger partial charge in [0, 0.05) is 6.42 Å². The largest absolute Gasteiger partial charge is 0.479 e. The summed E-state index contributed by atoms with van der Waals surface area (Å²) in [5.41, 5.74) is -1.68. The summed E-state index contributed by atoms with van der Waals surface area (Å²) < 4.78 is 23.4. The number of nitrogens with one attached hydrogen (secondary N) is 1. The van der Waals surface area contributed by atoms with Crippen LogP contribution in [0.3, 0.4) is 0 Å². The number of carbonyl (C=O) groups excluding carboxylic acids is 2. The fraction of sp³-hybridized carbons (Fsp3) is 0.786. The molecule has 0 spiro atoms. The topological polar surface area (TPSA) is 102 Å². The molecule has 0 aromatic carbocycles. The van der Waals surface area contributed by atoms with Gasteiger partial charge >= 0.3 is 18.0 Å². The standard InChI is InChI=1S/C14H24FNO6/c1-13(2,3)21-11(19)9(7-8(15)10(17)18)16-12(20)22-14(4,5)6/h8-9H,7H2,1-6H3,(H,16,20)(H,17,18)/t8-,9+/m1/s1. The van der Waals surface area contributed by atoms with Crippen molar-refractivity contribution in [3.63, 3.8) is 0 Å². The number of amides is 1. The summed E-state index contributed by atoms with van der Waals surface area (Å²) in [5, 5.41) is 10.7. The maximum atomic E-state index is 13.4. The van der Waals surface area contributed by atoms with Gasteiger partial charge in [0.25, 0.3) is 0 Å². The Morgan fingerprint density at radius 1 is 1.05 bits per heavy atom. The minimum Gasteiger partial charge on any atom is -0.479 e. The molecular formula is C14H24FNO6. The van der Waals surface area contributed by atoms with Gasteiger partial charge in [-0.3, -0.25) is 0 Å². The first kappa shape index (κ1) is 20.1. The summed E-state index contributed by atoms with van der Waals surface area (Å²) >= 11 is 0. The Morgan fingerprint density at radius 3 is 1.86 bits per heavy atom. The lowest BCUT2D eigenvalue weighted by molar-refractivity contribution is -0.158. The van der Waals surface area contributed by atoms with Gasteiger partial charge in [-0.15, -0.1) is 0 Å². The molecule has 0 heterocycles. The zero-order valence-corrected chi connectivity index (χ0v) is 13.7. The zero-order valence-electron chi connectivity index (χ0n) is 13.7. The molecule has 0 unspecified atom stereocenters. The van der Waals surface area contributed by atoms with Gasteiger partial charge < -0.3 is 19.9 Å². The number of alkyl halides is 1. The molecule has 128 valence electrons. The second-order valence-corrected chi connectivity index (χ2v) is 6.77. The van der Waals surface area contributed by atoms with E-state index in [1.54, 1.807) is 41.5 Å². The summed E-state index contributed by atoms with van der Waals surface area (Å²) in [4.78, 5) is 34.2. The Balaban J connectivity index is 4.97. The van der Waals surface area contributed by atoms with E-state index in [-0.39, 0.29) is 0 Å². The minimum absolute atomic E-state index is 0.747. The maximum Gasteiger partial charge on any atom is 0.408 e. The van der Waals surface area contributed by atoms with E-state index >= 15 is 0 Å². The molecule has 0 saturated heterocycles. The highest BCUT2D eigenvalue weighted by molar-refractivity contribution is 5.83. The van der Waals surface area contributed by atoms with Crippen molar-refractivity contribution in [1.82, 2.24) is 5.32 Å². The summed E-state index contributed by atoms with van der Waals surface area (Å²) in [5.74, 6) is -2.65. The highest BCUT2D eigenvalue weighted by Crippen LogP contribution is 2.13. The number of alkyl carbamates (subject to hydrolysis) is 1. The van der Waals surface area contributed by atoms with E-state index in [1.807, 2.05) is 0 Å². The number of rotatable bonds is 5. The van der Waals surface area contributed by atoms with E-state index in [0.29, 0.717) is 0 Å². The van der Waals surface area contributed by atoms with Crippen LogP contribution in [-0.2, 0) is 19.1 Å². The Kier molecular flexibility index (Phi) is 6.79. The lowest BCUT2D eigenvalue weighted by atomic mass is 10.1. The van der Waals surface area contributed by atoms with E-state index in [9.17, 15) is 18.8 Å². The molecule has 1 amide bonds. The highest BCUT2D eigenvalue weighted by atomic mass is 19.1. The number of carboxylic acids is 1. The molecule has 0 aliphatic carbocycles. The van der Waals surface area contributed by atoms with Crippen LogP contribution < -0.4 is 5.32 Å². The van der Waals surface area contributed by atoms with E-state index in [4.69, 9.17) is 14.6 Å². The van der Waals surface area contributed by atoms with Crippen LogP contribution >= 0.6 is 0 Å². The Morgan fingerprint density at radius 2 is 1.50 bits per heavy atom. The summed E-state index contributed by atoms with van der Waals surface area (Å²) in [6.45, 7) is 9.64. The number of halogens is 1. The van der Waals surface area contributed by atoms with Gasteiger partial charge in [-0.05, 0) is 41.5 Å². The molecular weight excluding hydrogens is 297 g/mol. The molecule has 0 radical (unpaired) electrons. The van der Waals surface area contributed by atoms with E-state index in [0.717, 1.165) is 0 Å². The molecule has 2 N–H and O–H groups in total. The molecule has 0 aromatic rings. The second-order valence-electron chi connectivity index (χ2n) is 6.77. The average Bonchev–Trinajstić information content (AvgIpc) is 2.22. The Labute approximate surface area is 129 Å². The van der Waals surface area contributed by atoms with Gasteiger partial charge in [-0.25, -0.2) is 18.8 Å². The smallest absolute Gasteiger partial charge is 0.408 e. The van der Waals surface area contributed by atoms with Gasteiger partial charge in [-0.2, -0.15) is 0 Å². The van der Waals surface area contributed by atoms with Crippen molar-refractivity contribution < 1.29 is 33.4 Å². The molecule has 0 saturated carbocycles. The van der Waals surface area contributed by atoms with Crippen molar-refractivity contribution in [3.8, 4) is 0 Å². The van der Waals surface area contributed by atoms with Crippen LogP contribution in [0.1, 0.15) is 48.0 Å². The molecule has 0 bridgehead atoms. The first-order valence-electron chi connectivity index (χ1n) is 6.80. The number of esters is 1. The van der Waals surface area contributed by atoms with Crippen LogP contribution in [0.4, 0.5) is 9.18 Å². The van der Waals surface area contributed by atoms with Crippen LogP contribution in [0.25, 0.3) is 0 Å². The van der Waals surface area contributed by atoms with E-state index < -0.39 is 47.9 Å². The molecule has 0 rings (SSSR count). The molecule has 0 fully saturated rings. The van der Waals surface area contributed by atoms with Crippen molar-refractivity contribution in [2.45, 2.75) is 71.4 Å². The third kappa shape index (κ3) is 9.15. The van der Waals surface area contributed by atoms with Crippen LogP contribution in [0, 0.1) is 0 Å². The van der Waals surface area contributed by atoms with Gasteiger partial charge in [0.15, 0.2) is 6.17 Å². The molecule has 22 heavy (non-hydrogen) atoms. The second kappa shape index (κ2) is 7.42. The van der Waals surface area contributed by atoms with Crippen LogP contribution in [0.15, 0.2) is 0 Å². The SMILES string of the molecule is CC(C)(C)OC(=O)N[C@@H](C[C@@H](F)C(=O)O)C(=O)OC(C)(C)C. The summed E-state index contributed by atoms with van der Waals surface area (Å²) in [7, 11) is 0. The number of carboxylic acid groups (broad SMARTS) is 1. The average molecular weight is 321 g/mol. The third-order valence-corrected chi connectivity index (χ3v) is 2.09. The number of aliphatic carboxylic acids is 1.